The van der Waals surface area contributed by atoms with Crippen LogP contribution < -0.4 is 85.4 Å². The van der Waals surface area contributed by atoms with Crippen LogP contribution in [0.2, 0.25) is 0 Å². The van der Waals surface area contributed by atoms with E-state index in [0.717, 1.165) is 206 Å². The molecule has 0 amide bonds. The largest absolute Gasteiger partial charge is 0.463 e. The van der Waals surface area contributed by atoms with E-state index in [1.165, 1.54) is 27.8 Å². The zero-order chi connectivity index (χ0) is 106. The van der Waals surface area contributed by atoms with Crippen molar-refractivity contribution in [3.63, 3.8) is 0 Å². The van der Waals surface area contributed by atoms with Crippen molar-refractivity contribution in [3.8, 4) is 6.01 Å². The summed E-state index contributed by atoms with van der Waals surface area (Å²) in [4.78, 5) is 82.6. The van der Waals surface area contributed by atoms with E-state index < -0.39 is 11.9 Å². The van der Waals surface area contributed by atoms with Crippen molar-refractivity contribution >= 4 is 153 Å². The third kappa shape index (κ3) is 26.2. The Kier molecular flexibility index (Phi) is 35.8. The number of allylic oxidation sites excluding steroid dienone is 3. The summed E-state index contributed by atoms with van der Waals surface area (Å²) in [6.07, 6.45) is 16.4. The number of nitrogens with zero attached hydrogens (tertiary/aromatic N) is 24. The third-order valence-electron chi connectivity index (χ3n) is 25.6. The molecule has 782 valence electrons. The first-order valence-corrected chi connectivity index (χ1v) is 51.6. The van der Waals surface area contributed by atoms with Crippen molar-refractivity contribution in [2.24, 2.45) is 0 Å². The number of imidazole rings is 4. The maximum Gasteiger partial charge on any atom is 0.433 e. The number of nitrogens with one attached hydrogen (secondary N) is 5. The van der Waals surface area contributed by atoms with Gasteiger partial charge in [-0.15, -0.1) is 0 Å². The van der Waals surface area contributed by atoms with Crippen LogP contribution >= 0.6 is 15.9 Å². The minimum absolute atomic E-state index is 0.0819. The Bertz CT molecular complexity index is 7550. The molecule has 37 nitrogen and oxygen atoms in total. The smallest absolute Gasteiger partial charge is 0.433 e. The number of nitrogen functional groups attached to an aromatic ring is 7. The van der Waals surface area contributed by atoms with E-state index in [9.17, 15) is 13.2 Å². The number of hydrogen-bond acceptors (Lipinski definition) is 32. The molecule has 21 rings (SSSR count). The number of nitrogens with two attached hydrogens (primary N) is 7. The first-order valence-electron chi connectivity index (χ1n) is 50.8. The van der Waals surface area contributed by atoms with Crippen LogP contribution in [0.3, 0.4) is 0 Å². The van der Waals surface area contributed by atoms with Gasteiger partial charge >= 0.3 is 12.2 Å². The van der Waals surface area contributed by atoms with Crippen molar-refractivity contribution in [1.82, 2.24) is 103 Å². The number of ether oxygens (including phenoxy) is 1. The van der Waals surface area contributed by atoms with Gasteiger partial charge in [-0.25, -0.2) is 29.9 Å². The van der Waals surface area contributed by atoms with E-state index in [-0.39, 0.29) is 5.82 Å². The predicted molar refractivity (Wildman–Crippen MR) is 597 cm³/mol. The predicted octanol–water partition coefficient (Wildman–Crippen LogP) is 19.4. The molecule has 0 aliphatic carbocycles. The van der Waals surface area contributed by atoms with E-state index in [2.05, 4.69) is 287 Å². The molecule has 0 fully saturated rings. The minimum atomic E-state index is -4.52. The Hall–Kier alpha value is -16.5. The van der Waals surface area contributed by atoms with Gasteiger partial charge in [-0.3, -0.25) is 9.55 Å². The lowest BCUT2D eigenvalue weighted by molar-refractivity contribution is -0.698. The average molecular weight is 2100 g/mol. The molecule has 0 bridgehead atoms. The number of aromatic nitrogens is 22. The zero-order valence-electron chi connectivity index (χ0n) is 86.7. The Morgan fingerprint density at radius 3 is 1.53 bits per heavy atom. The summed E-state index contributed by atoms with van der Waals surface area (Å²) in [5.41, 5.74) is 63.9. The molecule has 19 N–H and O–H groups in total. The highest BCUT2D eigenvalue weighted by Gasteiger charge is 2.38. The topological polar surface area (TPSA) is 503 Å². The molecule has 0 spiro atoms. The fourth-order valence-electron chi connectivity index (χ4n) is 17.4. The van der Waals surface area contributed by atoms with Gasteiger partial charge in [0.15, 0.2) is 62.7 Å². The Labute approximate surface area is 878 Å². The van der Waals surface area contributed by atoms with E-state index in [0.29, 0.717) is 167 Å². The molecular formula is C109H133BrF3N36O+. The summed E-state index contributed by atoms with van der Waals surface area (Å²) in [6.45, 7) is 41.5. The van der Waals surface area contributed by atoms with Gasteiger partial charge in [-0.1, -0.05) is 209 Å². The number of halogens is 4. The SMILES string of the molecule is C=C1Cc2c(N)nc(NCCCC)nc2N1Cc1ccc(C)nc1.C=C1Cc2c(N)nc(OCCC)nc2N1Cc1ccccc1.C=C1Cc2c(cc(C(F)(F)F)nc2N)N1Cc1ccccc1.CCCCNc1nc(N)c2[nH]cnc2n1.CCCCNc1nc(N)c2nc(Br)n(Cc3ccc(CC)cc3)c2n1.CCCCNc1nc(N)c2ncn(Cc3ccc(CC)cc3)c2n1.Cc1nc2c(N)nc3ccc[n+]4c3c2n1CC4C. The van der Waals surface area contributed by atoms with Crippen LogP contribution in [0.1, 0.15) is 192 Å². The van der Waals surface area contributed by atoms with Gasteiger partial charge in [0.05, 0.1) is 51.1 Å². The monoisotopic (exact) mass is 2100 g/mol. The lowest BCUT2D eigenvalue weighted by atomic mass is 10.1. The molecule has 0 radical (unpaired) electrons. The number of aromatic amines is 1. The Morgan fingerprint density at radius 1 is 0.467 bits per heavy atom. The second-order valence-electron chi connectivity index (χ2n) is 36.9. The van der Waals surface area contributed by atoms with Crippen molar-refractivity contribution in [1.29, 1.82) is 0 Å². The van der Waals surface area contributed by atoms with E-state index in [1.807, 2.05) is 103 Å². The number of fused-ring (bicyclic) bond motifs is 6. The third-order valence-corrected chi connectivity index (χ3v) is 26.2. The van der Waals surface area contributed by atoms with Crippen molar-refractivity contribution in [2.75, 3.05) is 109 Å². The number of anilines is 14. The van der Waals surface area contributed by atoms with Gasteiger partial charge < -0.3 is 95.0 Å². The number of unbranched alkanes of at least 4 members (excludes halogenated alkanes) is 4. The van der Waals surface area contributed by atoms with Crippen LogP contribution in [0.25, 0.3) is 55.6 Å². The van der Waals surface area contributed by atoms with Gasteiger partial charge in [0.1, 0.15) is 68.2 Å². The number of alkyl halides is 3. The lowest BCUT2D eigenvalue weighted by Crippen LogP contribution is -2.43. The maximum atomic E-state index is 12.9. The number of H-pyrrole nitrogens is 1. The molecular weight excluding hydrogens is 1970 g/mol. The van der Waals surface area contributed by atoms with Gasteiger partial charge in [-0.05, 0) is 139 Å². The molecule has 4 aliphatic rings. The highest BCUT2D eigenvalue weighted by molar-refractivity contribution is 9.10. The highest BCUT2D eigenvalue weighted by Crippen LogP contribution is 2.44. The molecule has 0 saturated carbocycles. The Morgan fingerprint density at radius 2 is 0.960 bits per heavy atom. The van der Waals surface area contributed by atoms with Crippen LogP contribution in [-0.2, 0) is 77.5 Å². The molecule has 17 heterocycles. The molecule has 1 unspecified atom stereocenters. The fourth-order valence-corrected chi connectivity index (χ4v) is 17.9. The number of aryl methyl sites for hydroxylation is 4. The minimum Gasteiger partial charge on any atom is -0.463 e. The molecule has 4 aromatic carbocycles. The molecule has 0 saturated heterocycles. The average Bonchev–Trinajstić information content (AvgIpc) is 1.55. The zero-order valence-corrected chi connectivity index (χ0v) is 88.2. The van der Waals surface area contributed by atoms with Crippen LogP contribution in [0.15, 0.2) is 206 Å². The number of benzene rings is 4. The highest BCUT2D eigenvalue weighted by atomic mass is 79.9. The molecule has 13 aromatic heterocycles. The fraction of sp³-hybridized carbons (Fsp3) is 0.339. The Balaban J connectivity index is 0.000000131. The number of pyridine rings is 4. The quantitative estimate of drug-likeness (QED) is 0.0109. The van der Waals surface area contributed by atoms with Crippen LogP contribution in [-0.4, -0.2) is 136 Å². The van der Waals surface area contributed by atoms with Crippen LogP contribution in [0, 0.1) is 13.8 Å². The summed E-state index contributed by atoms with van der Waals surface area (Å²) in [5.74, 6) is 7.60. The van der Waals surface area contributed by atoms with E-state index in [1.54, 1.807) is 17.6 Å². The summed E-state index contributed by atoms with van der Waals surface area (Å²) in [6, 6.07) is 46.9. The normalized spacial score (nSPS) is 13.0. The van der Waals surface area contributed by atoms with Gasteiger partial charge in [0.2, 0.25) is 23.8 Å². The molecule has 41 heteroatoms. The standard InChI is InChI=1S/C18H23BrN6.2C18H24N6.C17H20N4O.C16H14F3N3.C13H14N5.C9H14N6/c1-3-5-10-21-18-23-15(20)14-16(24-18)25(17(19)22-14)11-13-8-6-12(4-2)7-9-13;1-4-5-8-20-18-22-16(19)15-9-13(3)24(17(15)23-18)11-14-7-6-12(2)21-10-14;1-3-5-10-20-18-22-16(19)15-17(23-18)24(12-21-15)11-14-8-6-13(4-2)7-9-14;1-3-9-22-17-19-15(18)14-10-12(2)21(16(14)20-17)11-13-7-5-4-6-8-13;1-10-7-12-13(8-14(16(17,18)19)21-15(12)20)22(10)9-11-5-3-2-4-6-11;1-7-6-18-8(2)15-10-12(18)11-9(16-13(10)14)4-3-5-17(7)11;1-2-3-4-11-9-14-7(10)6-8(15-9)13-5-12-6/h6-9H,3-5,10-11H2,1-2H3,(H3,20,21,23,24);6-7,10H,3-5,8-9,11H2,1-2H3,(H3,19,20,22,23);6-9,12H,3-5,10-11H2,1-2H3,(H3,19,20,22,23);4-8H,2-3,9-11H2,1H3,(H2,18,19,20);2-6,8H,1,7,9H2,(H2,20,21);3-5,7H,6H2,1-2H3,(H2,14,16);5H,2-4H2,1H3,(H4,10,11,12,13,14,15)/q;;;;;+1;. The number of rotatable bonds is 31. The van der Waals surface area contributed by atoms with Crippen molar-refractivity contribution in [3.05, 3.63) is 279 Å². The van der Waals surface area contributed by atoms with Crippen molar-refractivity contribution in [2.45, 2.75) is 211 Å². The number of hydrogen-bond donors (Lipinski definition) is 12. The first kappa shape index (κ1) is 108. The second-order valence-corrected chi connectivity index (χ2v) is 37.6. The summed E-state index contributed by atoms with van der Waals surface area (Å²) >= 11 is 3.53. The van der Waals surface area contributed by atoms with Crippen molar-refractivity contribution < 1.29 is 22.5 Å². The summed E-state index contributed by atoms with van der Waals surface area (Å²) in [5, 5.41) is 12.8. The maximum absolute atomic E-state index is 12.9. The second kappa shape index (κ2) is 49.8. The van der Waals surface area contributed by atoms with Crippen LogP contribution in [0.5, 0.6) is 6.01 Å². The van der Waals surface area contributed by atoms with E-state index in [4.69, 9.17) is 44.9 Å². The summed E-state index contributed by atoms with van der Waals surface area (Å²) in [7, 11) is 0. The molecule has 150 heavy (non-hydrogen) atoms. The molecule has 17 aromatic rings. The lowest BCUT2D eigenvalue weighted by Gasteiger charge is -2.21. The summed E-state index contributed by atoms with van der Waals surface area (Å²) < 4.78 is 53.6. The molecule has 4 aliphatic heterocycles. The van der Waals surface area contributed by atoms with Crippen LogP contribution in [0.4, 0.5) is 95.0 Å². The van der Waals surface area contributed by atoms with Gasteiger partial charge in [0, 0.05) is 110 Å². The van der Waals surface area contributed by atoms with Gasteiger partial charge in [0.25, 0.3) is 5.52 Å². The first-order chi connectivity index (χ1) is 72.4. The van der Waals surface area contributed by atoms with Gasteiger partial charge in [-0.2, -0.15) is 67.6 Å². The molecule has 1 atom stereocenters. The van der Waals surface area contributed by atoms with E-state index >= 15 is 0 Å².